The summed E-state index contributed by atoms with van der Waals surface area (Å²) in [6.45, 7) is 5.23. The molecule has 0 radical (unpaired) electrons. The highest BCUT2D eigenvalue weighted by Crippen LogP contribution is 2.35. The Morgan fingerprint density at radius 3 is 2.58 bits per heavy atom. The summed E-state index contributed by atoms with van der Waals surface area (Å²) < 4.78 is 16.5. The molecule has 1 atom stereocenters. The van der Waals surface area contributed by atoms with E-state index in [1.165, 1.54) is 22.9 Å². The van der Waals surface area contributed by atoms with Crippen LogP contribution in [0.4, 0.5) is 5.69 Å². The van der Waals surface area contributed by atoms with Crippen LogP contribution in [0.5, 0.6) is 11.5 Å². The van der Waals surface area contributed by atoms with Crippen molar-refractivity contribution in [2.45, 2.75) is 51.6 Å². The highest BCUT2D eigenvalue weighted by molar-refractivity contribution is 5.93. The van der Waals surface area contributed by atoms with E-state index >= 15 is 0 Å². The van der Waals surface area contributed by atoms with E-state index in [0.717, 1.165) is 45.3 Å². The number of ether oxygens (including phenoxy) is 2. The van der Waals surface area contributed by atoms with E-state index in [4.69, 9.17) is 13.9 Å². The second-order valence-corrected chi connectivity index (χ2v) is 10.7. The molecule has 4 heterocycles. The molecule has 9 heteroatoms. The van der Waals surface area contributed by atoms with Crippen molar-refractivity contribution in [1.82, 2.24) is 10.2 Å². The number of para-hydroxylation sites is 1. The fraction of sp³-hybridized carbons (Fsp3) is 0.387. The number of nitrogens with zero attached hydrogens (tertiary/aromatic N) is 2. The van der Waals surface area contributed by atoms with E-state index in [9.17, 15) is 14.4 Å². The van der Waals surface area contributed by atoms with Crippen LogP contribution in [0.1, 0.15) is 55.1 Å². The summed E-state index contributed by atoms with van der Waals surface area (Å²) in [5, 5.41) is 3.27. The van der Waals surface area contributed by atoms with Crippen molar-refractivity contribution in [3.63, 3.8) is 0 Å². The van der Waals surface area contributed by atoms with Crippen molar-refractivity contribution in [3.8, 4) is 11.5 Å². The molecule has 3 aliphatic rings. The lowest BCUT2D eigenvalue weighted by molar-refractivity contribution is -0.133. The van der Waals surface area contributed by atoms with Crippen molar-refractivity contribution in [1.29, 1.82) is 0 Å². The van der Waals surface area contributed by atoms with Crippen molar-refractivity contribution in [2.75, 3.05) is 31.3 Å². The lowest BCUT2D eigenvalue weighted by Crippen LogP contribution is -2.36. The maximum absolute atomic E-state index is 12.9. The quantitative estimate of drug-likeness (QED) is 0.461. The van der Waals surface area contributed by atoms with Gasteiger partial charge in [-0.2, -0.15) is 0 Å². The molecular formula is C31H33N3O6. The molecule has 208 valence electrons. The summed E-state index contributed by atoms with van der Waals surface area (Å²) >= 11 is 0. The predicted octanol–water partition coefficient (Wildman–Crippen LogP) is 4.38. The number of carbonyl (C=O) groups is 2. The van der Waals surface area contributed by atoms with Crippen LogP contribution in [0, 0.1) is 0 Å². The minimum Gasteiger partial charge on any atom is -0.454 e. The van der Waals surface area contributed by atoms with Crippen LogP contribution in [0.25, 0.3) is 11.0 Å². The molecule has 0 bridgehead atoms. The Morgan fingerprint density at radius 1 is 1.00 bits per heavy atom. The molecule has 3 aliphatic heterocycles. The third-order valence-corrected chi connectivity index (χ3v) is 7.81. The number of piperidine rings is 2. The number of nitrogens with one attached hydrogen (secondary N) is 1. The molecule has 40 heavy (non-hydrogen) atoms. The van der Waals surface area contributed by atoms with Gasteiger partial charge >= 0.3 is 0 Å². The molecule has 1 N–H and O–H groups in total. The summed E-state index contributed by atoms with van der Waals surface area (Å²) in [5.74, 6) is 0.736. The Morgan fingerprint density at radius 2 is 1.77 bits per heavy atom. The van der Waals surface area contributed by atoms with Crippen molar-refractivity contribution in [2.24, 2.45) is 0 Å². The Bertz CT molecular complexity index is 1530. The minimum atomic E-state index is -0.445. The van der Waals surface area contributed by atoms with E-state index < -0.39 is 5.91 Å². The molecule has 9 nitrogen and oxygen atoms in total. The number of amides is 2. The zero-order valence-corrected chi connectivity index (χ0v) is 22.6. The summed E-state index contributed by atoms with van der Waals surface area (Å²) in [5.41, 5.74) is 3.63. The van der Waals surface area contributed by atoms with Crippen LogP contribution in [0.15, 0.2) is 63.3 Å². The molecule has 0 aliphatic carbocycles. The van der Waals surface area contributed by atoms with Gasteiger partial charge in [0.1, 0.15) is 5.58 Å². The molecule has 1 aromatic heterocycles. The van der Waals surface area contributed by atoms with Crippen molar-refractivity contribution in [3.05, 3.63) is 75.7 Å². The predicted molar refractivity (Wildman–Crippen MR) is 151 cm³/mol. The average Bonchev–Trinajstić information content (AvgIpc) is 3.41. The lowest BCUT2D eigenvalue weighted by atomic mass is 9.99. The molecule has 1 unspecified atom stereocenters. The Labute approximate surface area is 232 Å². The smallest absolute Gasteiger partial charge is 0.287 e. The molecule has 2 amide bonds. The van der Waals surface area contributed by atoms with Gasteiger partial charge in [-0.25, -0.2) is 0 Å². The van der Waals surface area contributed by atoms with Gasteiger partial charge in [-0.05, 0) is 50.3 Å². The largest absolute Gasteiger partial charge is 0.454 e. The van der Waals surface area contributed by atoms with Gasteiger partial charge in [0.25, 0.3) is 5.91 Å². The number of benzene rings is 2. The molecule has 3 aromatic rings. The first-order valence-electron chi connectivity index (χ1n) is 13.9. The highest BCUT2D eigenvalue weighted by atomic mass is 16.7. The number of rotatable bonds is 6. The molecule has 2 saturated heterocycles. The topological polar surface area (TPSA) is 101 Å². The van der Waals surface area contributed by atoms with Gasteiger partial charge in [-0.1, -0.05) is 29.8 Å². The summed E-state index contributed by atoms with van der Waals surface area (Å²) in [7, 11) is 0. The standard InChI is InChI=1S/C31H33N3O6/c1-20(32-31(37)29-16-25(35)23-15-27-28(39-19-38-27)17-26(23)40-29)14-21-9-12-33(13-10-21)24-7-3-2-6-22(24)18-34-11-5-4-8-30(34)36/h2-3,6-7,14-17,20H,4-5,8-13,18-19H2,1H3,(H,32,37). The van der Waals surface area contributed by atoms with Crippen LogP contribution < -0.4 is 25.1 Å². The fourth-order valence-electron chi connectivity index (χ4n) is 5.72. The zero-order chi connectivity index (χ0) is 27.6. The number of anilines is 1. The van der Waals surface area contributed by atoms with Gasteiger partial charge in [0.15, 0.2) is 22.7 Å². The second kappa shape index (κ2) is 11.1. The van der Waals surface area contributed by atoms with Crippen LogP contribution in [0.2, 0.25) is 0 Å². The van der Waals surface area contributed by atoms with Gasteiger partial charge in [0.05, 0.1) is 5.39 Å². The Balaban J connectivity index is 1.08. The lowest BCUT2D eigenvalue weighted by Gasteiger charge is -2.34. The van der Waals surface area contributed by atoms with Crippen molar-refractivity contribution < 1.29 is 23.5 Å². The maximum atomic E-state index is 12.9. The third-order valence-electron chi connectivity index (χ3n) is 7.81. The van der Waals surface area contributed by atoms with Crippen LogP contribution in [0.3, 0.4) is 0 Å². The van der Waals surface area contributed by atoms with Gasteiger partial charge < -0.3 is 29.0 Å². The number of likely N-dealkylation sites (tertiary alicyclic amines) is 1. The van der Waals surface area contributed by atoms with E-state index in [-0.39, 0.29) is 35.5 Å². The SMILES string of the molecule is CC(C=C1CCN(c2ccccc2CN2CCCCC2=O)CC1)NC(=O)c1cc(=O)c2cc3c(cc2o1)OCO3. The normalized spacial score (nSPS) is 17.7. The summed E-state index contributed by atoms with van der Waals surface area (Å²) in [6.07, 6.45) is 6.56. The monoisotopic (exact) mass is 543 g/mol. The number of carbonyl (C=O) groups excluding carboxylic acids is 2. The van der Waals surface area contributed by atoms with Crippen LogP contribution in [-0.2, 0) is 11.3 Å². The van der Waals surface area contributed by atoms with E-state index in [1.807, 2.05) is 17.9 Å². The molecule has 0 saturated carbocycles. The molecular weight excluding hydrogens is 510 g/mol. The molecule has 0 spiro atoms. The fourth-order valence-corrected chi connectivity index (χ4v) is 5.72. The molecule has 2 fully saturated rings. The summed E-state index contributed by atoms with van der Waals surface area (Å²) in [6, 6.07) is 12.5. The number of hydrogen-bond acceptors (Lipinski definition) is 7. The zero-order valence-electron chi connectivity index (χ0n) is 22.6. The van der Waals surface area contributed by atoms with Gasteiger partial charge in [-0.3, -0.25) is 14.4 Å². The first-order valence-corrected chi connectivity index (χ1v) is 13.9. The number of fused-ring (bicyclic) bond motifs is 2. The van der Waals surface area contributed by atoms with E-state index in [1.54, 1.807) is 12.1 Å². The Kier molecular flexibility index (Phi) is 7.19. The third kappa shape index (κ3) is 5.41. The maximum Gasteiger partial charge on any atom is 0.287 e. The minimum absolute atomic E-state index is 0.0415. The second-order valence-electron chi connectivity index (χ2n) is 10.7. The number of hydrogen-bond donors (Lipinski definition) is 1. The van der Waals surface area contributed by atoms with Gasteiger partial charge in [0, 0.05) is 56.5 Å². The van der Waals surface area contributed by atoms with E-state index in [2.05, 4.69) is 34.5 Å². The van der Waals surface area contributed by atoms with Crippen LogP contribution in [-0.4, -0.2) is 49.2 Å². The summed E-state index contributed by atoms with van der Waals surface area (Å²) in [4.78, 5) is 42.3. The van der Waals surface area contributed by atoms with Gasteiger partial charge in [-0.15, -0.1) is 0 Å². The van der Waals surface area contributed by atoms with Crippen molar-refractivity contribution >= 4 is 28.5 Å². The molecule has 2 aromatic carbocycles. The van der Waals surface area contributed by atoms with Crippen LogP contribution >= 0.6 is 0 Å². The highest BCUT2D eigenvalue weighted by Gasteiger charge is 2.23. The Hall–Kier alpha value is -4.27. The molecule has 6 rings (SSSR count). The van der Waals surface area contributed by atoms with Gasteiger partial charge in [0.2, 0.25) is 12.7 Å². The average molecular weight is 544 g/mol. The first-order chi connectivity index (χ1) is 19.4. The first kappa shape index (κ1) is 26.0. The van der Waals surface area contributed by atoms with E-state index in [0.29, 0.717) is 29.9 Å².